The number of primary amides is 1. The molecule has 0 aliphatic carbocycles. The van der Waals surface area contributed by atoms with Gasteiger partial charge < -0.3 is 20.7 Å². The zero-order chi connectivity index (χ0) is 15.8. The predicted octanol–water partition coefficient (Wildman–Crippen LogP) is -0.628. The van der Waals surface area contributed by atoms with Gasteiger partial charge in [-0.2, -0.15) is 5.10 Å². The topological polar surface area (TPSA) is 102 Å². The minimum absolute atomic E-state index is 0.0821. The summed E-state index contributed by atoms with van der Waals surface area (Å²) in [6.45, 7) is 1.67. The quantitative estimate of drug-likeness (QED) is 0.588. The minimum atomic E-state index is -0.529. The van der Waals surface area contributed by atoms with Gasteiger partial charge in [-0.1, -0.05) is 11.6 Å². The van der Waals surface area contributed by atoms with Crippen molar-refractivity contribution in [2.75, 3.05) is 45.7 Å². The van der Waals surface area contributed by atoms with Crippen LogP contribution in [0.25, 0.3) is 0 Å². The highest BCUT2D eigenvalue weighted by Crippen LogP contribution is 2.14. The predicted molar refractivity (Wildman–Crippen MR) is 80.6 cm³/mol. The van der Waals surface area contributed by atoms with Gasteiger partial charge >= 0.3 is 0 Å². The Morgan fingerprint density at radius 1 is 1.57 bits per heavy atom. The van der Waals surface area contributed by atoms with Gasteiger partial charge in [0.1, 0.15) is 11.6 Å². The number of anilines is 1. The van der Waals surface area contributed by atoms with E-state index in [9.17, 15) is 9.59 Å². The lowest BCUT2D eigenvalue weighted by molar-refractivity contribution is -0.122. The van der Waals surface area contributed by atoms with Crippen molar-refractivity contribution in [3.63, 3.8) is 0 Å². The van der Waals surface area contributed by atoms with Crippen LogP contribution in [-0.4, -0.2) is 61.0 Å². The molecule has 0 aromatic carbocycles. The van der Waals surface area contributed by atoms with Crippen LogP contribution in [0.15, 0.2) is 11.0 Å². The Bertz CT molecular complexity index is 532. The lowest BCUT2D eigenvalue weighted by Gasteiger charge is -2.12. The molecule has 1 heterocycles. The number of hydrogen-bond acceptors (Lipinski definition) is 6. The first-order valence-corrected chi connectivity index (χ1v) is 6.80. The van der Waals surface area contributed by atoms with E-state index in [0.29, 0.717) is 25.3 Å². The van der Waals surface area contributed by atoms with Crippen molar-refractivity contribution in [1.29, 1.82) is 0 Å². The Hall–Kier alpha value is -1.64. The standard InChI is InChI=1S/C12H20ClN5O3/c1-17(2)4-5-18-12(20)11(13)9(7-16-18)15-3-6-21-8-10(14)19/h7,15H,3-6,8H2,1-2H3,(H2,14,19). The summed E-state index contributed by atoms with van der Waals surface area (Å²) in [5.74, 6) is -0.529. The number of halogens is 1. The highest BCUT2D eigenvalue weighted by atomic mass is 35.5. The molecule has 0 saturated carbocycles. The number of amides is 1. The Kier molecular flexibility index (Phi) is 7.13. The average Bonchev–Trinajstić information content (AvgIpc) is 2.41. The zero-order valence-corrected chi connectivity index (χ0v) is 12.9. The lowest BCUT2D eigenvalue weighted by atomic mass is 10.4. The number of ether oxygens (including phenoxy) is 1. The summed E-state index contributed by atoms with van der Waals surface area (Å²) >= 11 is 6.01. The fraction of sp³-hybridized carbons (Fsp3) is 0.583. The number of nitrogens with two attached hydrogens (primary N) is 1. The molecule has 0 atom stereocenters. The maximum Gasteiger partial charge on any atom is 0.287 e. The van der Waals surface area contributed by atoms with Crippen LogP contribution in [0.2, 0.25) is 5.02 Å². The molecule has 0 fully saturated rings. The number of aromatic nitrogens is 2. The molecule has 0 spiro atoms. The third kappa shape index (κ3) is 6.11. The number of hydrogen-bond donors (Lipinski definition) is 2. The number of rotatable bonds is 9. The van der Waals surface area contributed by atoms with Crippen molar-refractivity contribution >= 4 is 23.2 Å². The van der Waals surface area contributed by atoms with Gasteiger partial charge in [-0.05, 0) is 14.1 Å². The van der Waals surface area contributed by atoms with Crippen molar-refractivity contribution in [2.45, 2.75) is 6.54 Å². The molecule has 0 bridgehead atoms. The molecule has 0 aliphatic heterocycles. The molecule has 8 nitrogen and oxygen atoms in total. The summed E-state index contributed by atoms with van der Waals surface area (Å²) in [6.07, 6.45) is 1.49. The summed E-state index contributed by atoms with van der Waals surface area (Å²) in [6, 6.07) is 0. The SMILES string of the molecule is CN(C)CCn1ncc(NCCOCC(N)=O)c(Cl)c1=O. The summed E-state index contributed by atoms with van der Waals surface area (Å²) in [5, 5.41) is 7.06. The van der Waals surface area contributed by atoms with Crippen molar-refractivity contribution in [2.24, 2.45) is 5.73 Å². The summed E-state index contributed by atoms with van der Waals surface area (Å²) in [7, 11) is 3.82. The van der Waals surface area contributed by atoms with Crippen LogP contribution in [-0.2, 0) is 16.1 Å². The van der Waals surface area contributed by atoms with Crippen LogP contribution >= 0.6 is 11.6 Å². The van der Waals surface area contributed by atoms with Crippen molar-refractivity contribution in [1.82, 2.24) is 14.7 Å². The molecule has 0 radical (unpaired) electrons. The second kappa shape index (κ2) is 8.60. The molecule has 1 rings (SSSR count). The van der Waals surface area contributed by atoms with Crippen LogP contribution in [0.3, 0.4) is 0 Å². The van der Waals surface area contributed by atoms with Gasteiger partial charge in [0, 0.05) is 13.1 Å². The van der Waals surface area contributed by atoms with Gasteiger partial charge in [0.15, 0.2) is 0 Å². The Balaban J connectivity index is 2.55. The Morgan fingerprint density at radius 2 is 2.29 bits per heavy atom. The largest absolute Gasteiger partial charge is 0.380 e. The lowest BCUT2D eigenvalue weighted by Crippen LogP contribution is -2.29. The molecule has 9 heteroatoms. The zero-order valence-electron chi connectivity index (χ0n) is 12.1. The summed E-state index contributed by atoms with van der Waals surface area (Å²) in [4.78, 5) is 24.4. The highest BCUT2D eigenvalue weighted by Gasteiger charge is 2.09. The Labute approximate surface area is 127 Å². The van der Waals surface area contributed by atoms with Crippen molar-refractivity contribution in [3.8, 4) is 0 Å². The molecule has 0 unspecified atom stereocenters. The summed E-state index contributed by atoms with van der Waals surface area (Å²) in [5.41, 5.74) is 5.02. The van der Waals surface area contributed by atoms with Gasteiger partial charge in [-0.25, -0.2) is 4.68 Å². The van der Waals surface area contributed by atoms with Gasteiger partial charge in [0.2, 0.25) is 5.91 Å². The molecule has 1 aromatic rings. The van der Waals surface area contributed by atoms with Crippen molar-refractivity contribution < 1.29 is 9.53 Å². The van der Waals surface area contributed by atoms with E-state index < -0.39 is 5.91 Å². The van der Waals surface area contributed by atoms with E-state index in [1.165, 1.54) is 10.9 Å². The van der Waals surface area contributed by atoms with E-state index in [0.717, 1.165) is 0 Å². The number of carbonyl (C=O) groups excluding carboxylic acids is 1. The molecule has 0 aliphatic rings. The molecular formula is C12H20ClN5O3. The van der Waals surface area contributed by atoms with Gasteiger partial charge in [0.05, 0.1) is 25.0 Å². The average molecular weight is 318 g/mol. The number of nitrogens with one attached hydrogen (secondary N) is 1. The van der Waals surface area contributed by atoms with Crippen LogP contribution < -0.4 is 16.6 Å². The van der Waals surface area contributed by atoms with Gasteiger partial charge in [-0.3, -0.25) is 9.59 Å². The third-order valence-electron chi connectivity index (χ3n) is 2.55. The van der Waals surface area contributed by atoms with Crippen LogP contribution in [0, 0.1) is 0 Å². The van der Waals surface area contributed by atoms with Crippen LogP contribution in [0.1, 0.15) is 0 Å². The number of likely N-dealkylation sites (N-methyl/N-ethyl adjacent to an activating group) is 1. The van der Waals surface area contributed by atoms with Gasteiger partial charge in [-0.15, -0.1) is 0 Å². The van der Waals surface area contributed by atoms with E-state index in [-0.39, 0.29) is 23.8 Å². The number of nitrogens with zero attached hydrogens (tertiary/aromatic N) is 3. The molecule has 118 valence electrons. The molecular weight excluding hydrogens is 298 g/mol. The van der Waals surface area contributed by atoms with Crippen molar-refractivity contribution in [3.05, 3.63) is 21.6 Å². The monoisotopic (exact) mass is 317 g/mol. The number of carbonyl (C=O) groups is 1. The molecule has 3 N–H and O–H groups in total. The van der Waals surface area contributed by atoms with E-state index in [1.807, 2.05) is 19.0 Å². The first-order valence-electron chi connectivity index (χ1n) is 6.42. The minimum Gasteiger partial charge on any atom is -0.380 e. The first-order chi connectivity index (χ1) is 9.91. The highest BCUT2D eigenvalue weighted by molar-refractivity contribution is 6.32. The summed E-state index contributed by atoms with van der Waals surface area (Å²) < 4.78 is 6.30. The normalized spacial score (nSPS) is 10.9. The second-order valence-corrected chi connectivity index (χ2v) is 5.03. The maximum atomic E-state index is 12.0. The fourth-order valence-electron chi connectivity index (χ4n) is 1.47. The first kappa shape index (κ1) is 17.4. The van der Waals surface area contributed by atoms with Gasteiger partial charge in [0.25, 0.3) is 5.56 Å². The Morgan fingerprint density at radius 3 is 2.90 bits per heavy atom. The van der Waals surface area contributed by atoms with E-state index >= 15 is 0 Å². The fourth-order valence-corrected chi connectivity index (χ4v) is 1.69. The second-order valence-electron chi connectivity index (χ2n) is 4.65. The molecule has 21 heavy (non-hydrogen) atoms. The molecule has 1 aromatic heterocycles. The smallest absolute Gasteiger partial charge is 0.287 e. The molecule has 1 amide bonds. The third-order valence-corrected chi connectivity index (χ3v) is 2.92. The van der Waals surface area contributed by atoms with E-state index in [2.05, 4.69) is 10.4 Å². The molecule has 0 saturated heterocycles. The maximum absolute atomic E-state index is 12.0. The van der Waals surface area contributed by atoms with E-state index in [4.69, 9.17) is 22.1 Å². The van der Waals surface area contributed by atoms with Crippen LogP contribution in [0.4, 0.5) is 5.69 Å². The van der Waals surface area contributed by atoms with Crippen LogP contribution in [0.5, 0.6) is 0 Å². The van der Waals surface area contributed by atoms with E-state index in [1.54, 1.807) is 0 Å².